The number of aryl methyl sites for hydroxylation is 1. The minimum absolute atomic E-state index is 0.00875. The first-order valence-electron chi connectivity index (χ1n) is 27.1. The van der Waals surface area contributed by atoms with Gasteiger partial charge >= 0.3 is 0 Å². The SMILES string of the molecule is Cc1cc2c3c(c1)N(c1ccc(C(C)(C)C)cc1-c1ccccc1)c1cc(-c4ccccc4)ccc1B3c1ccc(N3c4ccc([Si](C)(C)C)cc4C4(C)CCCCC34C)cc1N2c1ccc(C(C)(C)C)cc1. The average molecular weight is 970 g/mol. The Morgan fingerprint density at radius 2 is 1.05 bits per heavy atom. The van der Waals surface area contributed by atoms with E-state index in [4.69, 9.17) is 0 Å². The highest BCUT2D eigenvalue weighted by Gasteiger charge is 2.58. The molecular weight excluding hydrogens is 898 g/mol. The van der Waals surface area contributed by atoms with E-state index in [9.17, 15) is 0 Å². The summed E-state index contributed by atoms with van der Waals surface area (Å²) in [5.41, 5.74) is 24.3. The van der Waals surface area contributed by atoms with Gasteiger partial charge in [-0.1, -0.05) is 195 Å². The van der Waals surface area contributed by atoms with Gasteiger partial charge in [0.1, 0.15) is 0 Å². The first kappa shape index (κ1) is 47.4. The van der Waals surface area contributed by atoms with E-state index in [0.29, 0.717) is 0 Å². The third-order valence-corrected chi connectivity index (χ3v) is 19.8. The van der Waals surface area contributed by atoms with Crippen LogP contribution in [0.5, 0.6) is 0 Å². The van der Waals surface area contributed by atoms with Crippen LogP contribution in [0, 0.1) is 6.92 Å². The lowest BCUT2D eigenvalue weighted by molar-refractivity contribution is 0.195. The molecule has 5 heteroatoms. The number of fused-ring (bicyclic) bond motifs is 7. The molecule has 3 aliphatic heterocycles. The second-order valence-electron chi connectivity index (χ2n) is 25.5. The maximum Gasteiger partial charge on any atom is 0.252 e. The molecule has 73 heavy (non-hydrogen) atoms. The highest BCUT2D eigenvalue weighted by atomic mass is 28.3. The summed E-state index contributed by atoms with van der Waals surface area (Å²) in [6.45, 7) is 28.9. The summed E-state index contributed by atoms with van der Waals surface area (Å²) < 4.78 is 0. The molecule has 1 aliphatic carbocycles. The summed E-state index contributed by atoms with van der Waals surface area (Å²) in [6.07, 6.45) is 4.89. The number of benzene rings is 8. The highest BCUT2D eigenvalue weighted by Crippen LogP contribution is 2.61. The lowest BCUT2D eigenvalue weighted by Gasteiger charge is -2.50. The van der Waals surface area contributed by atoms with Gasteiger partial charge in [0.2, 0.25) is 0 Å². The largest absolute Gasteiger partial charge is 0.334 e. The number of anilines is 8. The monoisotopic (exact) mass is 970 g/mol. The van der Waals surface area contributed by atoms with Gasteiger partial charge in [-0.25, -0.2) is 0 Å². The summed E-state index contributed by atoms with van der Waals surface area (Å²) in [5.74, 6) is 0. The Morgan fingerprint density at radius 3 is 1.71 bits per heavy atom. The van der Waals surface area contributed by atoms with Gasteiger partial charge in [-0.2, -0.15) is 0 Å². The van der Waals surface area contributed by atoms with Crippen LogP contribution in [0.25, 0.3) is 22.3 Å². The fourth-order valence-corrected chi connectivity index (χ4v) is 14.5. The molecule has 0 amide bonds. The number of hydrogen-bond acceptors (Lipinski definition) is 3. The Kier molecular flexibility index (Phi) is 10.9. The van der Waals surface area contributed by atoms with Gasteiger partial charge in [-0.15, -0.1) is 0 Å². The zero-order chi connectivity index (χ0) is 51.0. The van der Waals surface area contributed by atoms with E-state index in [0.717, 1.165) is 6.42 Å². The van der Waals surface area contributed by atoms with E-state index >= 15 is 0 Å². The fraction of sp³-hybridized carbons (Fsp3) is 0.294. The first-order chi connectivity index (χ1) is 34.7. The Hall–Kier alpha value is -6.56. The first-order valence-corrected chi connectivity index (χ1v) is 30.6. The molecule has 0 radical (unpaired) electrons. The van der Waals surface area contributed by atoms with Crippen molar-refractivity contribution in [3.63, 3.8) is 0 Å². The van der Waals surface area contributed by atoms with E-state index in [2.05, 4.69) is 267 Å². The van der Waals surface area contributed by atoms with Crippen LogP contribution < -0.4 is 36.3 Å². The molecule has 0 N–H and O–H groups in total. The van der Waals surface area contributed by atoms with Crippen molar-refractivity contribution >= 4 is 81.9 Å². The fourth-order valence-electron chi connectivity index (χ4n) is 13.4. The summed E-state index contributed by atoms with van der Waals surface area (Å²) in [5, 5.41) is 1.56. The zero-order valence-corrected chi connectivity index (χ0v) is 46.4. The molecule has 0 aromatic heterocycles. The van der Waals surface area contributed by atoms with Crippen molar-refractivity contribution in [2.75, 3.05) is 14.7 Å². The molecule has 0 bridgehead atoms. The van der Waals surface area contributed by atoms with E-state index in [1.807, 2.05) is 0 Å². The van der Waals surface area contributed by atoms with Crippen LogP contribution in [0.4, 0.5) is 45.5 Å². The smallest absolute Gasteiger partial charge is 0.252 e. The molecule has 8 aromatic carbocycles. The van der Waals surface area contributed by atoms with Gasteiger partial charge in [0.25, 0.3) is 6.71 Å². The van der Waals surface area contributed by atoms with Crippen LogP contribution >= 0.6 is 0 Å². The van der Waals surface area contributed by atoms with Crippen molar-refractivity contribution in [2.45, 2.75) is 129 Å². The van der Waals surface area contributed by atoms with Gasteiger partial charge in [0, 0.05) is 50.8 Å². The Bertz CT molecular complexity index is 3470. The summed E-state index contributed by atoms with van der Waals surface area (Å²) in [4.78, 5) is 8.05. The third-order valence-electron chi connectivity index (χ3n) is 17.7. The van der Waals surface area contributed by atoms with E-state index in [1.54, 1.807) is 10.8 Å². The van der Waals surface area contributed by atoms with Crippen molar-refractivity contribution in [2.24, 2.45) is 0 Å². The molecule has 2 atom stereocenters. The van der Waals surface area contributed by atoms with Crippen molar-refractivity contribution < 1.29 is 0 Å². The molecule has 2 unspecified atom stereocenters. The maximum atomic E-state index is 2.79. The predicted molar refractivity (Wildman–Crippen MR) is 319 cm³/mol. The predicted octanol–water partition coefficient (Wildman–Crippen LogP) is 16.3. The highest BCUT2D eigenvalue weighted by molar-refractivity contribution is 7.00. The minimum Gasteiger partial charge on any atom is -0.334 e. The molecule has 8 aromatic rings. The molecule has 366 valence electrons. The molecule has 1 saturated carbocycles. The standard InChI is InChI=1S/C68H72BN3Si/c1-45-39-62-64-63(40-45)71(58-35-28-50(66(5,6)7)42-54(58)47-23-17-14-18-24-47)60-41-48(46-21-15-13-16-22-46)25-33-56(60)69(64)57-34-31-52(43-61(57)70(62)51-29-26-49(27-30-51)65(2,3)4)72-59-36-32-53(73(10,11)12)44-55(59)67(8)37-19-20-38-68(67,72)9/h13-18,21-36,39-44H,19-20,37-38H2,1-12H3. The van der Waals surface area contributed by atoms with Crippen LogP contribution in [0.2, 0.25) is 19.6 Å². The average Bonchev–Trinajstić information content (AvgIpc) is 3.58. The van der Waals surface area contributed by atoms with Gasteiger partial charge in [-0.05, 0) is 154 Å². The van der Waals surface area contributed by atoms with Crippen molar-refractivity contribution in [3.05, 3.63) is 192 Å². The third kappa shape index (κ3) is 7.50. The van der Waals surface area contributed by atoms with Crippen molar-refractivity contribution in [1.82, 2.24) is 0 Å². The maximum absolute atomic E-state index is 2.79. The Morgan fingerprint density at radius 1 is 0.479 bits per heavy atom. The van der Waals surface area contributed by atoms with Gasteiger partial charge in [0.05, 0.1) is 19.3 Å². The summed E-state index contributed by atoms with van der Waals surface area (Å²) >= 11 is 0. The molecule has 0 saturated heterocycles. The Balaban J connectivity index is 1.14. The summed E-state index contributed by atoms with van der Waals surface area (Å²) in [6, 6.07) is 66.2. The second-order valence-corrected chi connectivity index (χ2v) is 30.6. The second kappa shape index (κ2) is 16.7. The van der Waals surface area contributed by atoms with Crippen LogP contribution in [-0.2, 0) is 16.2 Å². The normalized spacial score (nSPS) is 19.0. The van der Waals surface area contributed by atoms with Crippen molar-refractivity contribution in [1.29, 1.82) is 0 Å². The van der Waals surface area contributed by atoms with Crippen molar-refractivity contribution in [3.8, 4) is 22.3 Å². The van der Waals surface area contributed by atoms with E-state index in [1.165, 1.54) is 120 Å². The quantitative estimate of drug-likeness (QED) is 0.154. The van der Waals surface area contributed by atoms with Gasteiger partial charge in [0.15, 0.2) is 0 Å². The van der Waals surface area contributed by atoms with Gasteiger partial charge in [-0.3, -0.25) is 0 Å². The summed E-state index contributed by atoms with van der Waals surface area (Å²) in [7, 11) is -1.56. The van der Waals surface area contributed by atoms with Crippen LogP contribution in [0.3, 0.4) is 0 Å². The minimum atomic E-state index is -1.56. The number of nitrogens with zero attached hydrogens (tertiary/aromatic N) is 3. The van der Waals surface area contributed by atoms with Gasteiger partial charge < -0.3 is 14.7 Å². The number of rotatable bonds is 6. The molecule has 4 aliphatic rings. The van der Waals surface area contributed by atoms with Crippen LogP contribution in [0.1, 0.15) is 103 Å². The van der Waals surface area contributed by atoms with E-state index in [-0.39, 0.29) is 28.5 Å². The molecule has 12 rings (SSSR count). The Labute approximate surface area is 438 Å². The topological polar surface area (TPSA) is 9.72 Å². The lowest BCUT2D eigenvalue weighted by Crippen LogP contribution is -2.61. The van der Waals surface area contributed by atoms with Crippen LogP contribution in [0.15, 0.2) is 170 Å². The number of hydrogen-bond donors (Lipinski definition) is 0. The molecule has 0 spiro atoms. The molecule has 3 nitrogen and oxygen atoms in total. The van der Waals surface area contributed by atoms with Crippen LogP contribution in [-0.4, -0.2) is 20.3 Å². The molecule has 1 fully saturated rings. The van der Waals surface area contributed by atoms with E-state index < -0.39 is 8.07 Å². The molecular formula is C68H72BN3Si. The zero-order valence-electron chi connectivity index (χ0n) is 45.4. The molecule has 3 heterocycles. The lowest BCUT2D eigenvalue weighted by atomic mass is 9.33.